The zero-order chi connectivity index (χ0) is 11.7. The molecule has 0 heterocycles. The van der Waals surface area contributed by atoms with E-state index in [9.17, 15) is 5.11 Å². The molecule has 0 radical (unpaired) electrons. The molecule has 0 bridgehead atoms. The minimum Gasteiger partial charge on any atom is -0.506 e. The van der Waals surface area contributed by atoms with Crippen molar-refractivity contribution in [1.82, 2.24) is 5.32 Å². The third-order valence-electron chi connectivity index (χ3n) is 2.80. The fraction of sp³-hybridized carbons (Fsp3) is 0.455. The summed E-state index contributed by atoms with van der Waals surface area (Å²) in [4.78, 5) is 0. The monoisotopic (exact) mass is 261 g/mol. The van der Waals surface area contributed by atoms with Gasteiger partial charge in [0, 0.05) is 23.2 Å². The van der Waals surface area contributed by atoms with E-state index in [0.717, 1.165) is 12.8 Å². The van der Waals surface area contributed by atoms with E-state index in [-0.39, 0.29) is 16.9 Å². The number of halogens is 2. The normalized spacial score (nSPS) is 24.2. The number of aliphatic hydroxyl groups is 1. The minimum absolute atomic E-state index is 0.0680. The summed E-state index contributed by atoms with van der Waals surface area (Å²) in [5, 5.41) is 22.8. The SMILES string of the molecule is Oc1c(Cl)cc(Cl)cc1CNC1CC(O)C1. The van der Waals surface area contributed by atoms with Crippen molar-refractivity contribution in [2.45, 2.75) is 31.5 Å². The van der Waals surface area contributed by atoms with E-state index in [1.807, 2.05) is 0 Å². The van der Waals surface area contributed by atoms with Crippen LogP contribution in [-0.2, 0) is 6.54 Å². The van der Waals surface area contributed by atoms with Gasteiger partial charge in [-0.15, -0.1) is 0 Å². The summed E-state index contributed by atoms with van der Waals surface area (Å²) in [6.45, 7) is 0.503. The van der Waals surface area contributed by atoms with Crippen LogP contribution >= 0.6 is 23.2 Å². The van der Waals surface area contributed by atoms with Gasteiger partial charge in [0.25, 0.3) is 0 Å². The predicted octanol–water partition coefficient (Wildman–Crippen LogP) is 2.31. The number of phenolic OH excluding ortho intramolecular Hbond substituents is 1. The zero-order valence-electron chi connectivity index (χ0n) is 8.58. The topological polar surface area (TPSA) is 52.5 Å². The molecule has 88 valence electrons. The van der Waals surface area contributed by atoms with Crippen LogP contribution < -0.4 is 5.32 Å². The Hall–Kier alpha value is -0.480. The average Bonchev–Trinajstić information content (AvgIpc) is 2.17. The van der Waals surface area contributed by atoms with E-state index < -0.39 is 0 Å². The van der Waals surface area contributed by atoms with Crippen LogP contribution in [-0.4, -0.2) is 22.4 Å². The molecule has 1 fully saturated rings. The third kappa shape index (κ3) is 2.61. The van der Waals surface area contributed by atoms with Gasteiger partial charge in [0.1, 0.15) is 5.75 Å². The molecule has 2 rings (SSSR count). The van der Waals surface area contributed by atoms with E-state index >= 15 is 0 Å². The summed E-state index contributed by atoms with van der Waals surface area (Å²) < 4.78 is 0. The highest BCUT2D eigenvalue weighted by molar-refractivity contribution is 6.35. The zero-order valence-corrected chi connectivity index (χ0v) is 10.1. The van der Waals surface area contributed by atoms with Crippen molar-refractivity contribution < 1.29 is 10.2 Å². The molecule has 0 unspecified atom stereocenters. The third-order valence-corrected chi connectivity index (χ3v) is 3.31. The molecule has 1 aromatic rings. The lowest BCUT2D eigenvalue weighted by Gasteiger charge is -2.32. The summed E-state index contributed by atoms with van der Waals surface area (Å²) >= 11 is 11.6. The number of phenols is 1. The first-order chi connectivity index (χ1) is 7.56. The quantitative estimate of drug-likeness (QED) is 0.783. The first-order valence-electron chi connectivity index (χ1n) is 5.14. The Balaban J connectivity index is 1.98. The second-order valence-electron chi connectivity index (χ2n) is 4.10. The summed E-state index contributed by atoms with van der Waals surface area (Å²) in [5.74, 6) is 0.0680. The van der Waals surface area contributed by atoms with Gasteiger partial charge < -0.3 is 15.5 Å². The van der Waals surface area contributed by atoms with Crippen molar-refractivity contribution in [1.29, 1.82) is 0 Å². The molecule has 3 nitrogen and oxygen atoms in total. The van der Waals surface area contributed by atoms with Crippen LogP contribution in [0.1, 0.15) is 18.4 Å². The molecule has 5 heteroatoms. The number of nitrogens with one attached hydrogen (secondary N) is 1. The highest BCUT2D eigenvalue weighted by atomic mass is 35.5. The van der Waals surface area contributed by atoms with Crippen molar-refractivity contribution in [3.05, 3.63) is 27.7 Å². The van der Waals surface area contributed by atoms with Crippen LogP contribution in [0.5, 0.6) is 5.75 Å². The Bertz CT molecular complexity index is 392. The Labute approximate surface area is 104 Å². The van der Waals surface area contributed by atoms with Gasteiger partial charge in [-0.05, 0) is 25.0 Å². The largest absolute Gasteiger partial charge is 0.506 e. The van der Waals surface area contributed by atoms with Gasteiger partial charge in [0.2, 0.25) is 0 Å². The number of aliphatic hydroxyl groups excluding tert-OH is 1. The number of aromatic hydroxyl groups is 1. The lowest BCUT2D eigenvalue weighted by Crippen LogP contribution is -2.43. The molecule has 3 N–H and O–H groups in total. The van der Waals surface area contributed by atoms with Crippen LogP contribution in [0.3, 0.4) is 0 Å². The maximum Gasteiger partial charge on any atom is 0.138 e. The summed E-state index contributed by atoms with van der Waals surface area (Å²) in [7, 11) is 0. The van der Waals surface area contributed by atoms with Gasteiger partial charge in [0.15, 0.2) is 0 Å². The number of hydrogen-bond donors (Lipinski definition) is 3. The van der Waals surface area contributed by atoms with Crippen molar-refractivity contribution in [3.63, 3.8) is 0 Å². The Morgan fingerprint density at radius 2 is 2.00 bits per heavy atom. The molecule has 0 aromatic heterocycles. The van der Waals surface area contributed by atoms with E-state index in [1.54, 1.807) is 6.07 Å². The van der Waals surface area contributed by atoms with Crippen molar-refractivity contribution in [3.8, 4) is 5.75 Å². The van der Waals surface area contributed by atoms with E-state index in [0.29, 0.717) is 23.2 Å². The Morgan fingerprint density at radius 1 is 1.31 bits per heavy atom. The molecular formula is C11H13Cl2NO2. The van der Waals surface area contributed by atoms with Crippen molar-refractivity contribution in [2.24, 2.45) is 0 Å². The van der Waals surface area contributed by atoms with Gasteiger partial charge in [-0.2, -0.15) is 0 Å². The number of hydrogen-bond acceptors (Lipinski definition) is 3. The summed E-state index contributed by atoms with van der Waals surface area (Å²) in [6, 6.07) is 3.51. The molecule has 1 aromatic carbocycles. The van der Waals surface area contributed by atoms with Gasteiger partial charge in [-0.3, -0.25) is 0 Å². The molecule has 0 spiro atoms. The second-order valence-corrected chi connectivity index (χ2v) is 4.94. The summed E-state index contributed by atoms with van der Waals surface area (Å²) in [5.41, 5.74) is 0.680. The molecule has 1 aliphatic rings. The maximum absolute atomic E-state index is 9.70. The van der Waals surface area contributed by atoms with E-state index in [2.05, 4.69) is 5.32 Å². The lowest BCUT2D eigenvalue weighted by molar-refractivity contribution is 0.0619. The molecule has 0 saturated heterocycles. The molecule has 0 atom stereocenters. The fourth-order valence-corrected chi connectivity index (χ4v) is 2.30. The minimum atomic E-state index is -0.186. The predicted molar refractivity (Wildman–Crippen MR) is 64.0 cm³/mol. The summed E-state index contributed by atoms with van der Waals surface area (Å²) in [6.07, 6.45) is 1.33. The molecule has 1 saturated carbocycles. The second kappa shape index (κ2) is 4.80. The van der Waals surface area contributed by atoms with Crippen molar-refractivity contribution >= 4 is 23.2 Å². The van der Waals surface area contributed by atoms with Gasteiger partial charge in [-0.25, -0.2) is 0 Å². The van der Waals surface area contributed by atoms with Gasteiger partial charge in [-0.1, -0.05) is 23.2 Å². The lowest BCUT2D eigenvalue weighted by atomic mass is 9.89. The first kappa shape index (κ1) is 12.0. The Kier molecular flexibility index (Phi) is 3.60. The number of benzene rings is 1. The van der Waals surface area contributed by atoms with Crippen molar-refractivity contribution in [2.75, 3.05) is 0 Å². The van der Waals surface area contributed by atoms with Crippen LogP contribution in [0.15, 0.2) is 12.1 Å². The molecular weight excluding hydrogens is 249 g/mol. The van der Waals surface area contributed by atoms with Crippen LogP contribution in [0.2, 0.25) is 10.0 Å². The standard InChI is InChI=1S/C11H13Cl2NO2/c12-7-1-6(11(16)10(13)2-7)5-14-8-3-9(15)4-8/h1-2,8-9,14-16H,3-5H2. The number of rotatable bonds is 3. The first-order valence-corrected chi connectivity index (χ1v) is 5.90. The molecule has 16 heavy (non-hydrogen) atoms. The smallest absolute Gasteiger partial charge is 0.138 e. The highest BCUT2D eigenvalue weighted by Crippen LogP contribution is 2.31. The highest BCUT2D eigenvalue weighted by Gasteiger charge is 2.26. The molecule has 0 aliphatic heterocycles. The fourth-order valence-electron chi connectivity index (χ4n) is 1.76. The van der Waals surface area contributed by atoms with Gasteiger partial charge >= 0.3 is 0 Å². The van der Waals surface area contributed by atoms with E-state index in [1.165, 1.54) is 6.07 Å². The average molecular weight is 262 g/mol. The van der Waals surface area contributed by atoms with Gasteiger partial charge in [0.05, 0.1) is 11.1 Å². The van der Waals surface area contributed by atoms with Crippen LogP contribution in [0.4, 0.5) is 0 Å². The van der Waals surface area contributed by atoms with Crippen LogP contribution in [0, 0.1) is 0 Å². The molecule has 1 aliphatic carbocycles. The molecule has 0 amide bonds. The Morgan fingerprint density at radius 3 is 2.62 bits per heavy atom. The van der Waals surface area contributed by atoms with Crippen LogP contribution in [0.25, 0.3) is 0 Å². The van der Waals surface area contributed by atoms with E-state index in [4.69, 9.17) is 28.3 Å². The maximum atomic E-state index is 9.70.